The summed E-state index contributed by atoms with van der Waals surface area (Å²) >= 11 is 0. The number of hydrogen-bond donors (Lipinski definition) is 3. The van der Waals surface area contributed by atoms with Gasteiger partial charge in [-0.1, -0.05) is 24.3 Å². The van der Waals surface area contributed by atoms with Crippen LogP contribution in [0.15, 0.2) is 53.4 Å². The summed E-state index contributed by atoms with van der Waals surface area (Å²) < 4.78 is 86.4. The number of hydrogen-bond acceptors (Lipinski definition) is 6. The Morgan fingerprint density at radius 3 is 2.03 bits per heavy atom. The van der Waals surface area contributed by atoms with Crippen molar-refractivity contribution in [2.45, 2.75) is 11.1 Å². The maximum Gasteiger partial charge on any atom is 0.416 e. The van der Waals surface area contributed by atoms with E-state index in [2.05, 4.69) is 5.32 Å². The molecule has 0 unspecified atom stereocenters. The smallest absolute Gasteiger partial charge is 0.397 e. The van der Waals surface area contributed by atoms with Gasteiger partial charge in [0.2, 0.25) is 0 Å². The Morgan fingerprint density at radius 2 is 1.48 bits per heavy atom. The first-order valence-corrected chi connectivity index (χ1v) is 10.5. The van der Waals surface area contributed by atoms with Crippen LogP contribution in [0.3, 0.4) is 0 Å². The van der Waals surface area contributed by atoms with Crippen molar-refractivity contribution in [3.05, 3.63) is 82.2 Å². The normalized spacial score (nSPS) is 13.5. The van der Waals surface area contributed by atoms with Crippen molar-refractivity contribution in [2.75, 3.05) is 11.1 Å². The number of nitrogens with one attached hydrogen (secondary N) is 1. The van der Waals surface area contributed by atoms with Crippen LogP contribution in [0.1, 0.15) is 37.4 Å². The van der Waals surface area contributed by atoms with Crippen LogP contribution in [0.2, 0.25) is 0 Å². The summed E-state index contributed by atoms with van der Waals surface area (Å²) in [5, 5.41) is 2.36. The molecule has 12 heteroatoms. The van der Waals surface area contributed by atoms with Crippen LogP contribution in [-0.2, 0) is 16.3 Å². The van der Waals surface area contributed by atoms with Crippen molar-refractivity contribution >= 4 is 38.7 Å². The molecule has 0 aromatic heterocycles. The molecular formula is C21H12F4N2O5S. The van der Waals surface area contributed by atoms with Gasteiger partial charge < -0.3 is 11.1 Å². The second-order valence-electron chi connectivity index (χ2n) is 7.12. The lowest BCUT2D eigenvalue weighted by molar-refractivity contribution is -0.137. The summed E-state index contributed by atoms with van der Waals surface area (Å²) in [6, 6.07) is 7.73. The molecule has 0 saturated carbocycles. The number of alkyl halides is 3. The highest BCUT2D eigenvalue weighted by molar-refractivity contribution is 7.86. The molecule has 1 aliphatic carbocycles. The second-order valence-corrected chi connectivity index (χ2v) is 8.51. The summed E-state index contributed by atoms with van der Waals surface area (Å²) in [6.45, 7) is 0. The topological polar surface area (TPSA) is 127 Å². The third kappa shape index (κ3) is 3.83. The lowest BCUT2D eigenvalue weighted by atomic mass is 9.82. The number of carbonyl (C=O) groups excluding carboxylic acids is 2. The molecule has 0 spiro atoms. The second kappa shape index (κ2) is 7.39. The number of nitrogen functional groups attached to an aromatic ring is 1. The summed E-state index contributed by atoms with van der Waals surface area (Å²) in [6.07, 6.45) is -4.90. The van der Waals surface area contributed by atoms with Crippen molar-refractivity contribution in [3.8, 4) is 0 Å². The van der Waals surface area contributed by atoms with Crippen molar-refractivity contribution < 1.29 is 40.1 Å². The van der Waals surface area contributed by atoms with E-state index in [-0.39, 0.29) is 17.2 Å². The molecule has 0 atom stereocenters. The number of ketones is 2. The summed E-state index contributed by atoms with van der Waals surface area (Å²) in [5.41, 5.74) is 1.70. The molecule has 7 nitrogen and oxygen atoms in total. The predicted molar refractivity (Wildman–Crippen MR) is 109 cm³/mol. The molecule has 33 heavy (non-hydrogen) atoms. The zero-order valence-corrected chi connectivity index (χ0v) is 17.0. The van der Waals surface area contributed by atoms with Crippen LogP contribution < -0.4 is 11.1 Å². The Bertz CT molecular complexity index is 1470. The summed E-state index contributed by atoms with van der Waals surface area (Å²) in [4.78, 5) is 25.3. The third-order valence-electron chi connectivity index (χ3n) is 4.98. The molecule has 4 rings (SSSR count). The zero-order valence-electron chi connectivity index (χ0n) is 16.2. The molecule has 1 aliphatic rings. The maximum absolute atomic E-state index is 13.9. The number of carbonyl (C=O) groups is 2. The molecule has 0 saturated heterocycles. The average molecular weight is 480 g/mol. The highest BCUT2D eigenvalue weighted by atomic mass is 32.2. The summed E-state index contributed by atoms with van der Waals surface area (Å²) in [7, 11) is -5.02. The summed E-state index contributed by atoms with van der Waals surface area (Å²) in [5.74, 6) is -2.87. The minimum atomic E-state index is -5.02. The molecule has 0 radical (unpaired) electrons. The number of rotatable bonds is 3. The number of fused-ring (bicyclic) bond motifs is 2. The Labute approximate surface area is 183 Å². The van der Waals surface area contributed by atoms with Crippen molar-refractivity contribution in [3.63, 3.8) is 0 Å². The van der Waals surface area contributed by atoms with E-state index in [0.29, 0.717) is 18.2 Å². The van der Waals surface area contributed by atoms with Crippen molar-refractivity contribution in [1.82, 2.24) is 0 Å². The number of benzene rings is 3. The first kappa shape index (κ1) is 22.4. The molecular weight excluding hydrogens is 468 g/mol. The van der Waals surface area contributed by atoms with Crippen LogP contribution in [0, 0.1) is 5.82 Å². The number of anilines is 3. The number of halogens is 4. The Morgan fingerprint density at radius 1 is 0.909 bits per heavy atom. The fourth-order valence-corrected chi connectivity index (χ4v) is 4.23. The van der Waals surface area contributed by atoms with Gasteiger partial charge in [-0.05, 0) is 24.3 Å². The maximum atomic E-state index is 13.9. The lowest BCUT2D eigenvalue weighted by Gasteiger charge is -2.23. The molecule has 0 bridgehead atoms. The first-order valence-electron chi connectivity index (χ1n) is 9.06. The minimum absolute atomic E-state index is 0.0488. The third-order valence-corrected chi connectivity index (χ3v) is 5.88. The van der Waals surface area contributed by atoms with Gasteiger partial charge in [-0.2, -0.15) is 21.6 Å². The van der Waals surface area contributed by atoms with Crippen molar-refractivity contribution in [2.24, 2.45) is 0 Å². The van der Waals surface area contributed by atoms with Gasteiger partial charge in [0.05, 0.1) is 28.1 Å². The van der Waals surface area contributed by atoms with Gasteiger partial charge in [0.1, 0.15) is 10.7 Å². The quantitative estimate of drug-likeness (QED) is 0.228. The molecule has 0 amide bonds. The van der Waals surface area contributed by atoms with Gasteiger partial charge in [-0.3, -0.25) is 14.1 Å². The number of nitrogens with two attached hydrogens (primary N) is 1. The molecule has 0 heterocycles. The van der Waals surface area contributed by atoms with Gasteiger partial charge in [0.15, 0.2) is 11.6 Å². The van der Waals surface area contributed by atoms with Gasteiger partial charge in [0.25, 0.3) is 10.1 Å². The molecule has 4 N–H and O–H groups in total. The van der Waals surface area contributed by atoms with E-state index < -0.39 is 72.3 Å². The molecule has 3 aromatic rings. The van der Waals surface area contributed by atoms with Crippen LogP contribution >= 0.6 is 0 Å². The van der Waals surface area contributed by atoms with Crippen LogP contribution in [0.25, 0.3) is 0 Å². The highest BCUT2D eigenvalue weighted by Gasteiger charge is 2.37. The first-order chi connectivity index (χ1) is 15.3. The monoisotopic (exact) mass is 480 g/mol. The molecule has 0 aliphatic heterocycles. The van der Waals surface area contributed by atoms with E-state index >= 15 is 0 Å². The standard InChI is InChI=1S/C21H12F4N2O5S/c22-10-5-9(21(23,24)25)6-11(7-10)27-14-8-15(33(30,31)32)18(26)17-16(14)19(28)12-3-1-2-4-13(12)20(17)29/h1-8,27H,26H2,(H,30,31,32). The van der Waals surface area contributed by atoms with E-state index in [0.717, 1.165) is 0 Å². The SMILES string of the molecule is Nc1c(S(=O)(=O)O)cc(Nc2cc(F)cc(C(F)(F)F)c2)c2c1C(=O)c1ccccc1C2=O. The fraction of sp³-hybridized carbons (Fsp3) is 0.0476. The average Bonchev–Trinajstić information content (AvgIpc) is 2.71. The van der Waals surface area contributed by atoms with E-state index in [4.69, 9.17) is 5.73 Å². The van der Waals surface area contributed by atoms with Crippen LogP contribution in [-0.4, -0.2) is 24.5 Å². The van der Waals surface area contributed by atoms with Crippen LogP contribution in [0.4, 0.5) is 34.6 Å². The van der Waals surface area contributed by atoms with E-state index in [9.17, 15) is 40.1 Å². The van der Waals surface area contributed by atoms with Gasteiger partial charge in [-0.25, -0.2) is 4.39 Å². The van der Waals surface area contributed by atoms with Crippen molar-refractivity contribution in [1.29, 1.82) is 0 Å². The minimum Gasteiger partial charge on any atom is -0.397 e. The van der Waals surface area contributed by atoms with Gasteiger partial charge >= 0.3 is 6.18 Å². The Balaban J connectivity index is 2.00. The lowest BCUT2D eigenvalue weighted by Crippen LogP contribution is -2.25. The van der Waals surface area contributed by atoms with Gasteiger partial charge in [-0.15, -0.1) is 0 Å². The van der Waals surface area contributed by atoms with E-state index in [1.807, 2.05) is 0 Å². The molecule has 0 fully saturated rings. The molecule has 170 valence electrons. The predicted octanol–water partition coefficient (Wildman–Crippen LogP) is 4.19. The van der Waals surface area contributed by atoms with E-state index in [1.165, 1.54) is 24.3 Å². The Kier molecular flexibility index (Phi) is 5.02. The fourth-order valence-electron chi connectivity index (χ4n) is 3.59. The largest absolute Gasteiger partial charge is 0.416 e. The highest BCUT2D eigenvalue weighted by Crippen LogP contribution is 2.40. The zero-order chi connectivity index (χ0) is 24.3. The van der Waals surface area contributed by atoms with E-state index in [1.54, 1.807) is 0 Å². The Hall–Kier alpha value is -3.77. The van der Waals surface area contributed by atoms with Crippen LogP contribution in [0.5, 0.6) is 0 Å². The van der Waals surface area contributed by atoms with Gasteiger partial charge in [0, 0.05) is 16.8 Å². The molecule has 3 aromatic carbocycles.